The SMILES string of the molecule is Cc1ccc(S(=O)(=O)n2cc(C=C3Oc4c(ccc(O)c4CN4CCN(C(=O)O)CC4)C3=O)c3ccccc32)cc1. The summed E-state index contributed by atoms with van der Waals surface area (Å²) in [7, 11) is -3.92. The van der Waals surface area contributed by atoms with E-state index in [4.69, 9.17) is 4.74 Å². The number of carbonyl (C=O) groups is 2. The fraction of sp³-hybridized carbons (Fsp3) is 0.200. The minimum Gasteiger partial charge on any atom is -0.507 e. The number of hydrogen-bond acceptors (Lipinski definition) is 7. The van der Waals surface area contributed by atoms with Crippen LogP contribution in [0.2, 0.25) is 0 Å². The average Bonchev–Trinajstić information content (AvgIpc) is 3.49. The number of carbonyl (C=O) groups excluding carboxylic acids is 1. The number of Topliss-reactive ketones (excluding diaryl/α,β-unsaturated/α-hetero) is 1. The Morgan fingerprint density at radius 2 is 1.71 bits per heavy atom. The Kier molecular flexibility index (Phi) is 6.55. The van der Waals surface area contributed by atoms with E-state index in [2.05, 4.69) is 0 Å². The summed E-state index contributed by atoms with van der Waals surface area (Å²) in [5, 5.41) is 20.5. The summed E-state index contributed by atoms with van der Waals surface area (Å²) in [6.07, 6.45) is 2.04. The molecule has 0 saturated carbocycles. The van der Waals surface area contributed by atoms with Gasteiger partial charge >= 0.3 is 6.09 Å². The number of fused-ring (bicyclic) bond motifs is 2. The minimum absolute atomic E-state index is 0.0122. The lowest BCUT2D eigenvalue weighted by atomic mass is 10.0. The van der Waals surface area contributed by atoms with Crippen LogP contribution in [0.15, 0.2) is 77.5 Å². The van der Waals surface area contributed by atoms with E-state index in [9.17, 15) is 28.2 Å². The molecule has 3 heterocycles. The second-order valence-corrected chi connectivity index (χ2v) is 12.0. The number of amides is 1. The molecule has 4 aromatic rings. The van der Waals surface area contributed by atoms with E-state index >= 15 is 0 Å². The third-order valence-electron chi connectivity index (χ3n) is 7.51. The van der Waals surface area contributed by atoms with Crippen molar-refractivity contribution >= 4 is 38.9 Å². The normalized spacial score (nSPS) is 16.8. The molecule has 2 N–H and O–H groups in total. The van der Waals surface area contributed by atoms with Gasteiger partial charge < -0.3 is 19.8 Å². The Morgan fingerprint density at radius 1 is 1.00 bits per heavy atom. The number of para-hydroxylation sites is 1. The van der Waals surface area contributed by atoms with E-state index in [0.717, 1.165) is 5.56 Å². The van der Waals surface area contributed by atoms with Crippen LogP contribution in [0.1, 0.15) is 27.0 Å². The number of phenolic OH excluding ortho intramolecular Hbond substituents is 1. The molecule has 1 amide bonds. The highest BCUT2D eigenvalue weighted by atomic mass is 32.2. The van der Waals surface area contributed by atoms with Gasteiger partial charge in [0.2, 0.25) is 5.78 Å². The standard InChI is InChI=1S/C30H27N3O7S/c1-19-6-8-21(9-7-19)41(38,39)33-17-20(22-4-2-3-5-25(22)33)16-27-28(35)23-10-11-26(34)24(29(23)40-27)18-31-12-14-32(15-13-31)30(36)37/h2-11,16-17,34H,12-15,18H2,1H3,(H,36,37). The van der Waals surface area contributed by atoms with Gasteiger partial charge in [-0.15, -0.1) is 0 Å². The molecular formula is C30H27N3O7S. The Bertz CT molecular complexity index is 1830. The molecule has 210 valence electrons. The van der Waals surface area contributed by atoms with Gasteiger partial charge in [-0.25, -0.2) is 17.2 Å². The lowest BCUT2D eigenvalue weighted by Gasteiger charge is -2.33. The smallest absolute Gasteiger partial charge is 0.407 e. The van der Waals surface area contributed by atoms with Crippen LogP contribution in [0.4, 0.5) is 4.79 Å². The van der Waals surface area contributed by atoms with E-state index in [1.807, 2.05) is 11.8 Å². The fourth-order valence-electron chi connectivity index (χ4n) is 5.22. The Labute approximate surface area is 236 Å². The number of allylic oxidation sites excluding steroid dienone is 1. The molecular weight excluding hydrogens is 546 g/mol. The van der Waals surface area contributed by atoms with Crippen molar-refractivity contribution in [3.63, 3.8) is 0 Å². The molecule has 0 radical (unpaired) electrons. The molecule has 1 aromatic heterocycles. The molecule has 0 bridgehead atoms. The summed E-state index contributed by atoms with van der Waals surface area (Å²) in [4.78, 5) is 28.1. The number of ether oxygens (including phenoxy) is 1. The van der Waals surface area contributed by atoms with Gasteiger partial charge in [0, 0.05) is 49.9 Å². The van der Waals surface area contributed by atoms with Crippen LogP contribution in [-0.2, 0) is 16.6 Å². The van der Waals surface area contributed by atoms with Crippen LogP contribution in [0.5, 0.6) is 11.5 Å². The number of aryl methyl sites for hydroxylation is 1. The van der Waals surface area contributed by atoms with Crippen molar-refractivity contribution in [1.29, 1.82) is 0 Å². The lowest BCUT2D eigenvalue weighted by molar-refractivity contribution is 0.101. The number of piperazine rings is 1. The maximum atomic E-state index is 13.6. The van der Waals surface area contributed by atoms with Gasteiger partial charge in [-0.05, 0) is 43.3 Å². The van der Waals surface area contributed by atoms with Crippen molar-refractivity contribution in [3.8, 4) is 11.5 Å². The van der Waals surface area contributed by atoms with Gasteiger partial charge in [0.1, 0.15) is 11.5 Å². The van der Waals surface area contributed by atoms with Gasteiger partial charge in [-0.1, -0.05) is 35.9 Å². The van der Waals surface area contributed by atoms with Crippen molar-refractivity contribution in [1.82, 2.24) is 13.8 Å². The van der Waals surface area contributed by atoms with E-state index < -0.39 is 16.1 Å². The summed E-state index contributed by atoms with van der Waals surface area (Å²) < 4.78 is 34.4. The summed E-state index contributed by atoms with van der Waals surface area (Å²) >= 11 is 0. The van der Waals surface area contributed by atoms with E-state index in [1.54, 1.807) is 48.5 Å². The van der Waals surface area contributed by atoms with Gasteiger partial charge in [-0.2, -0.15) is 0 Å². The third kappa shape index (κ3) is 4.72. The Morgan fingerprint density at radius 3 is 2.41 bits per heavy atom. The topological polar surface area (TPSA) is 129 Å². The number of carboxylic acid groups (broad SMARTS) is 1. The van der Waals surface area contributed by atoms with Crippen molar-refractivity contribution < 1.29 is 33.0 Å². The Balaban J connectivity index is 1.34. The van der Waals surface area contributed by atoms with Crippen LogP contribution in [-0.4, -0.2) is 70.5 Å². The highest BCUT2D eigenvalue weighted by Gasteiger charge is 2.33. The molecule has 2 aliphatic heterocycles. The predicted octanol–water partition coefficient (Wildman–Crippen LogP) is 4.30. The monoisotopic (exact) mass is 573 g/mol. The molecule has 0 atom stereocenters. The zero-order valence-electron chi connectivity index (χ0n) is 22.1. The van der Waals surface area contributed by atoms with Crippen LogP contribution >= 0.6 is 0 Å². The van der Waals surface area contributed by atoms with Crippen LogP contribution in [0.25, 0.3) is 17.0 Å². The molecule has 1 saturated heterocycles. The first-order chi connectivity index (χ1) is 19.6. The zero-order chi connectivity index (χ0) is 28.9. The second kappa shape index (κ2) is 10.1. The molecule has 0 unspecified atom stereocenters. The summed E-state index contributed by atoms with van der Waals surface area (Å²) in [5.74, 6) is -0.148. The third-order valence-corrected chi connectivity index (χ3v) is 9.20. The first-order valence-electron chi connectivity index (χ1n) is 13.0. The summed E-state index contributed by atoms with van der Waals surface area (Å²) in [6.45, 7) is 3.78. The molecule has 11 heteroatoms. The molecule has 1 fully saturated rings. The number of benzene rings is 3. The zero-order valence-corrected chi connectivity index (χ0v) is 23.0. The first-order valence-corrected chi connectivity index (χ1v) is 14.5. The second-order valence-electron chi connectivity index (χ2n) is 10.1. The molecule has 2 aliphatic rings. The highest BCUT2D eigenvalue weighted by molar-refractivity contribution is 7.90. The molecule has 6 rings (SSSR count). The molecule has 10 nitrogen and oxygen atoms in total. The molecule has 0 aliphatic carbocycles. The van der Waals surface area contributed by atoms with Crippen LogP contribution < -0.4 is 4.74 Å². The van der Waals surface area contributed by atoms with Crippen molar-refractivity contribution in [2.75, 3.05) is 26.2 Å². The van der Waals surface area contributed by atoms with Gasteiger partial charge in [0.15, 0.2) is 5.76 Å². The fourth-order valence-corrected chi connectivity index (χ4v) is 6.60. The van der Waals surface area contributed by atoms with Gasteiger partial charge in [-0.3, -0.25) is 9.69 Å². The predicted molar refractivity (Wildman–Crippen MR) is 152 cm³/mol. The number of nitrogens with zero attached hydrogens (tertiary/aromatic N) is 3. The molecule has 3 aromatic carbocycles. The summed E-state index contributed by atoms with van der Waals surface area (Å²) in [6, 6.07) is 16.6. The number of ketones is 1. The number of aromatic nitrogens is 1. The number of hydrogen-bond donors (Lipinski definition) is 2. The molecule has 0 spiro atoms. The van der Waals surface area contributed by atoms with Crippen molar-refractivity contribution in [2.24, 2.45) is 0 Å². The Hall–Kier alpha value is -4.61. The van der Waals surface area contributed by atoms with Gasteiger partial charge in [0.05, 0.1) is 21.5 Å². The molecule has 41 heavy (non-hydrogen) atoms. The van der Waals surface area contributed by atoms with E-state index in [-0.39, 0.29) is 34.5 Å². The van der Waals surface area contributed by atoms with E-state index in [0.29, 0.717) is 53.8 Å². The van der Waals surface area contributed by atoms with Crippen LogP contribution in [0.3, 0.4) is 0 Å². The van der Waals surface area contributed by atoms with Crippen molar-refractivity contribution in [3.05, 3.63) is 94.9 Å². The van der Waals surface area contributed by atoms with Crippen molar-refractivity contribution in [2.45, 2.75) is 18.4 Å². The van der Waals surface area contributed by atoms with Gasteiger partial charge in [0.25, 0.3) is 10.0 Å². The average molecular weight is 574 g/mol. The quantitative estimate of drug-likeness (QED) is 0.338. The number of aromatic hydroxyl groups is 1. The van der Waals surface area contributed by atoms with E-state index in [1.165, 1.54) is 33.3 Å². The minimum atomic E-state index is -3.92. The maximum absolute atomic E-state index is 13.6. The van der Waals surface area contributed by atoms with Crippen LogP contribution in [0, 0.1) is 6.92 Å². The largest absolute Gasteiger partial charge is 0.507 e. The number of phenols is 1. The first kappa shape index (κ1) is 26.6. The summed E-state index contributed by atoms with van der Waals surface area (Å²) in [5.41, 5.74) is 2.62. The maximum Gasteiger partial charge on any atom is 0.407 e. The number of rotatable bonds is 5. The lowest BCUT2D eigenvalue weighted by Crippen LogP contribution is -2.47. The highest BCUT2D eigenvalue weighted by Crippen LogP contribution is 2.41.